The first-order valence-electron chi connectivity index (χ1n) is 2.83. The molecular weight excluding hydrogens is 190 g/mol. The van der Waals surface area contributed by atoms with Gasteiger partial charge in [-0.3, -0.25) is 0 Å². The highest BCUT2D eigenvalue weighted by Crippen LogP contribution is 2.01. The summed E-state index contributed by atoms with van der Waals surface area (Å²) >= 11 is 0. The van der Waals surface area contributed by atoms with E-state index in [9.17, 15) is 8.42 Å². The van der Waals surface area contributed by atoms with Crippen LogP contribution < -0.4 is 0 Å². The molecule has 0 aromatic heterocycles. The molecule has 4 nitrogen and oxygen atoms in total. The van der Waals surface area contributed by atoms with E-state index in [0.29, 0.717) is 6.61 Å². The van der Waals surface area contributed by atoms with Crippen molar-refractivity contribution in [3.05, 3.63) is 12.7 Å². The number of halogens is 1. The van der Waals surface area contributed by atoms with E-state index in [2.05, 4.69) is 6.58 Å². The average molecular weight is 200 g/mol. The van der Waals surface area contributed by atoms with Crippen LogP contribution in [0.25, 0.3) is 0 Å². The van der Waals surface area contributed by atoms with Gasteiger partial charge in [0.1, 0.15) is 6.73 Å². The minimum absolute atomic E-state index is 0.0577. The molecule has 0 fully saturated rings. The minimum Gasteiger partial charge on any atom is -0.361 e. The topological polar surface area (TPSA) is 46.6 Å². The van der Waals surface area contributed by atoms with Crippen molar-refractivity contribution in [2.24, 2.45) is 0 Å². The SMILES string of the molecule is C=CCOCN(C)S(=O)(=O)Cl. The predicted octanol–water partition coefficient (Wildman–Crippen LogP) is 0.562. The Morgan fingerprint density at radius 1 is 1.73 bits per heavy atom. The standard InChI is InChI=1S/C5H10ClNO3S/c1-3-4-10-5-7(2)11(6,8)9/h3H,1,4-5H2,2H3. The quantitative estimate of drug-likeness (QED) is 0.281. The first-order chi connectivity index (χ1) is 4.98. The average Bonchev–Trinajstić information content (AvgIpc) is 1.86. The molecule has 0 heterocycles. The fourth-order valence-corrected chi connectivity index (χ4v) is 0.648. The molecule has 0 saturated heterocycles. The molecule has 0 spiro atoms. The van der Waals surface area contributed by atoms with Crippen molar-refractivity contribution in [1.82, 2.24) is 4.31 Å². The van der Waals surface area contributed by atoms with Crippen LogP contribution in [0.1, 0.15) is 0 Å². The van der Waals surface area contributed by atoms with Crippen molar-refractivity contribution in [3.63, 3.8) is 0 Å². The summed E-state index contributed by atoms with van der Waals surface area (Å²) in [6.45, 7) is 3.64. The van der Waals surface area contributed by atoms with Gasteiger partial charge in [0, 0.05) is 17.7 Å². The third kappa shape index (κ3) is 5.20. The molecular formula is C5H10ClNO3S. The fraction of sp³-hybridized carbons (Fsp3) is 0.600. The summed E-state index contributed by atoms with van der Waals surface area (Å²) in [5, 5.41) is 0. The second-order valence-electron chi connectivity index (χ2n) is 1.83. The summed E-state index contributed by atoms with van der Waals surface area (Å²) in [5.41, 5.74) is 0. The lowest BCUT2D eigenvalue weighted by Crippen LogP contribution is -2.25. The van der Waals surface area contributed by atoms with Gasteiger partial charge in [0.05, 0.1) is 6.61 Å². The number of ether oxygens (including phenoxy) is 1. The lowest BCUT2D eigenvalue weighted by atomic mass is 10.7. The maximum Gasteiger partial charge on any atom is 0.301 e. The molecule has 0 N–H and O–H groups in total. The molecule has 0 aromatic rings. The van der Waals surface area contributed by atoms with E-state index in [4.69, 9.17) is 15.4 Å². The summed E-state index contributed by atoms with van der Waals surface area (Å²) in [5.74, 6) is 0. The zero-order valence-corrected chi connectivity index (χ0v) is 7.73. The van der Waals surface area contributed by atoms with Crippen molar-refractivity contribution in [2.45, 2.75) is 0 Å². The molecule has 11 heavy (non-hydrogen) atoms. The Hall–Kier alpha value is -0.100. The monoisotopic (exact) mass is 199 g/mol. The molecule has 66 valence electrons. The Labute approximate surface area is 71.0 Å². The predicted molar refractivity (Wildman–Crippen MR) is 43.6 cm³/mol. The fourth-order valence-electron chi connectivity index (χ4n) is 0.328. The molecule has 0 aliphatic carbocycles. The molecule has 0 aromatic carbocycles. The van der Waals surface area contributed by atoms with Crippen LogP contribution in [0, 0.1) is 0 Å². The molecule has 0 aliphatic rings. The maximum atomic E-state index is 10.5. The minimum atomic E-state index is -3.64. The van der Waals surface area contributed by atoms with Gasteiger partial charge in [-0.25, -0.2) is 0 Å². The third-order valence-corrected chi connectivity index (χ3v) is 2.44. The van der Waals surface area contributed by atoms with E-state index in [1.807, 2.05) is 0 Å². The van der Waals surface area contributed by atoms with E-state index >= 15 is 0 Å². The molecule has 0 atom stereocenters. The van der Waals surface area contributed by atoms with Gasteiger partial charge >= 0.3 is 9.24 Å². The largest absolute Gasteiger partial charge is 0.361 e. The van der Waals surface area contributed by atoms with E-state index < -0.39 is 9.24 Å². The number of nitrogens with zero attached hydrogens (tertiary/aromatic N) is 1. The van der Waals surface area contributed by atoms with Gasteiger partial charge < -0.3 is 4.74 Å². The summed E-state index contributed by atoms with van der Waals surface area (Å²) in [6.07, 6.45) is 1.52. The highest BCUT2D eigenvalue weighted by atomic mass is 35.7. The Kier molecular flexibility index (Phi) is 4.67. The number of hydrogen-bond donors (Lipinski definition) is 0. The molecule has 6 heteroatoms. The van der Waals surface area contributed by atoms with E-state index in [0.717, 1.165) is 4.31 Å². The molecule has 0 bridgehead atoms. The maximum absolute atomic E-state index is 10.5. The summed E-state index contributed by atoms with van der Waals surface area (Å²) < 4.78 is 26.7. The molecule has 0 amide bonds. The van der Waals surface area contributed by atoms with Crippen LogP contribution >= 0.6 is 10.7 Å². The van der Waals surface area contributed by atoms with E-state index in [-0.39, 0.29) is 6.73 Å². The summed E-state index contributed by atoms with van der Waals surface area (Å²) in [7, 11) is 2.64. The number of hydrogen-bond acceptors (Lipinski definition) is 3. The zero-order valence-electron chi connectivity index (χ0n) is 6.16. The van der Waals surface area contributed by atoms with Crippen LogP contribution in [0.5, 0.6) is 0 Å². The zero-order chi connectivity index (χ0) is 8.91. The van der Waals surface area contributed by atoms with Crippen molar-refractivity contribution in [1.29, 1.82) is 0 Å². The van der Waals surface area contributed by atoms with Crippen LogP contribution in [0.4, 0.5) is 0 Å². The second-order valence-corrected chi connectivity index (χ2v) is 4.45. The lowest BCUT2D eigenvalue weighted by molar-refractivity contribution is 0.104. The van der Waals surface area contributed by atoms with Gasteiger partial charge in [0.2, 0.25) is 0 Å². The Bertz CT molecular complexity index is 214. The molecule has 0 unspecified atom stereocenters. The third-order valence-electron chi connectivity index (χ3n) is 0.881. The molecule has 0 radical (unpaired) electrons. The van der Waals surface area contributed by atoms with Crippen molar-refractivity contribution >= 4 is 19.9 Å². The van der Waals surface area contributed by atoms with Gasteiger partial charge in [0.15, 0.2) is 0 Å². The van der Waals surface area contributed by atoms with Crippen LogP contribution in [-0.4, -0.2) is 33.1 Å². The molecule has 0 aliphatic heterocycles. The summed E-state index contributed by atoms with van der Waals surface area (Å²) in [6, 6.07) is 0. The van der Waals surface area contributed by atoms with Gasteiger partial charge in [-0.05, 0) is 0 Å². The van der Waals surface area contributed by atoms with Gasteiger partial charge in [-0.1, -0.05) is 6.08 Å². The van der Waals surface area contributed by atoms with Crippen molar-refractivity contribution < 1.29 is 13.2 Å². The Morgan fingerprint density at radius 3 is 2.64 bits per heavy atom. The molecule has 0 rings (SSSR count). The van der Waals surface area contributed by atoms with Crippen LogP contribution in [0.3, 0.4) is 0 Å². The van der Waals surface area contributed by atoms with E-state index in [1.165, 1.54) is 13.1 Å². The first kappa shape index (κ1) is 10.9. The lowest BCUT2D eigenvalue weighted by Gasteiger charge is -2.10. The van der Waals surface area contributed by atoms with Gasteiger partial charge in [-0.15, -0.1) is 6.58 Å². The molecule has 0 saturated carbocycles. The van der Waals surface area contributed by atoms with Crippen LogP contribution in [0.15, 0.2) is 12.7 Å². The smallest absolute Gasteiger partial charge is 0.301 e. The highest BCUT2D eigenvalue weighted by molar-refractivity contribution is 8.11. The van der Waals surface area contributed by atoms with Crippen molar-refractivity contribution in [3.8, 4) is 0 Å². The Balaban J connectivity index is 3.70. The Morgan fingerprint density at radius 2 is 2.27 bits per heavy atom. The normalized spacial score (nSPS) is 11.9. The van der Waals surface area contributed by atoms with Gasteiger partial charge in [-0.2, -0.15) is 12.7 Å². The first-order valence-corrected chi connectivity index (χ1v) is 5.09. The highest BCUT2D eigenvalue weighted by Gasteiger charge is 2.12. The van der Waals surface area contributed by atoms with E-state index in [1.54, 1.807) is 0 Å². The van der Waals surface area contributed by atoms with Crippen LogP contribution in [-0.2, 0) is 14.0 Å². The van der Waals surface area contributed by atoms with Gasteiger partial charge in [0.25, 0.3) is 0 Å². The number of rotatable bonds is 5. The van der Waals surface area contributed by atoms with Crippen LogP contribution in [0.2, 0.25) is 0 Å². The summed E-state index contributed by atoms with van der Waals surface area (Å²) in [4.78, 5) is 0. The second kappa shape index (κ2) is 4.71. The van der Waals surface area contributed by atoms with Crippen molar-refractivity contribution in [2.75, 3.05) is 20.4 Å².